The molecule has 1 aliphatic rings. The summed E-state index contributed by atoms with van der Waals surface area (Å²) in [6.07, 6.45) is 0. The maximum absolute atomic E-state index is 13.1. The summed E-state index contributed by atoms with van der Waals surface area (Å²) in [7, 11) is 1.52. The third-order valence-corrected chi connectivity index (χ3v) is 4.89. The lowest BCUT2D eigenvalue weighted by Crippen LogP contribution is -2.35. The Labute approximate surface area is 163 Å². The first-order chi connectivity index (χ1) is 13.1. The van der Waals surface area contributed by atoms with E-state index in [2.05, 4.69) is 5.16 Å². The van der Waals surface area contributed by atoms with Gasteiger partial charge in [0.05, 0.1) is 19.7 Å². The van der Waals surface area contributed by atoms with Gasteiger partial charge in [0.2, 0.25) is 5.78 Å². The molecule has 28 heavy (non-hydrogen) atoms. The van der Waals surface area contributed by atoms with Crippen LogP contribution in [0.4, 0.5) is 0 Å². The Morgan fingerprint density at radius 2 is 1.93 bits per heavy atom. The van der Waals surface area contributed by atoms with Crippen LogP contribution in [0.5, 0.6) is 5.75 Å². The number of para-hydroxylation sites is 1. The molecular weight excluding hydrogens is 360 g/mol. The zero-order valence-electron chi connectivity index (χ0n) is 16.7. The average molecular weight is 384 g/mol. The van der Waals surface area contributed by atoms with Gasteiger partial charge in [-0.1, -0.05) is 44.1 Å². The molecule has 0 bridgehead atoms. The summed E-state index contributed by atoms with van der Waals surface area (Å²) < 4.78 is 10.5. The molecule has 7 heteroatoms. The lowest BCUT2D eigenvalue weighted by Gasteiger charge is -2.30. The van der Waals surface area contributed by atoms with E-state index in [1.165, 1.54) is 12.0 Å². The summed E-state index contributed by atoms with van der Waals surface area (Å²) in [4.78, 5) is 40.3. The monoisotopic (exact) mass is 384 g/mol. The van der Waals surface area contributed by atoms with Gasteiger partial charge >= 0.3 is 0 Å². The topological polar surface area (TPSA) is 89.7 Å². The van der Waals surface area contributed by atoms with Crippen molar-refractivity contribution in [1.29, 1.82) is 0 Å². The molecule has 2 aromatic rings. The van der Waals surface area contributed by atoms with E-state index in [1.54, 1.807) is 58.0 Å². The molecule has 1 aromatic carbocycles. The highest BCUT2D eigenvalue weighted by molar-refractivity contribution is 6.43. The SMILES string of the molecule is COc1ccccc1C1C(C(=O)C(C)(C)C)C(=O)C(=O)N1Cc1cc(C)on1. The van der Waals surface area contributed by atoms with E-state index >= 15 is 0 Å². The predicted molar refractivity (Wildman–Crippen MR) is 100 cm³/mol. The second-order valence-electron chi connectivity index (χ2n) is 8.00. The van der Waals surface area contributed by atoms with Gasteiger partial charge in [-0.2, -0.15) is 0 Å². The highest BCUT2D eigenvalue weighted by Crippen LogP contribution is 2.43. The largest absolute Gasteiger partial charge is 0.496 e. The van der Waals surface area contributed by atoms with E-state index < -0.39 is 29.1 Å². The van der Waals surface area contributed by atoms with Gasteiger partial charge in [0.25, 0.3) is 5.91 Å². The zero-order valence-corrected chi connectivity index (χ0v) is 16.7. The van der Waals surface area contributed by atoms with Crippen molar-refractivity contribution >= 4 is 17.5 Å². The Kier molecular flexibility index (Phi) is 5.10. The van der Waals surface area contributed by atoms with E-state index in [0.29, 0.717) is 22.8 Å². The van der Waals surface area contributed by atoms with Gasteiger partial charge in [-0.3, -0.25) is 14.4 Å². The fourth-order valence-electron chi connectivity index (χ4n) is 3.55. The fourth-order valence-corrected chi connectivity index (χ4v) is 3.55. The quantitative estimate of drug-likeness (QED) is 0.582. The number of carbonyl (C=O) groups is 3. The molecule has 0 N–H and O–H groups in total. The molecule has 1 fully saturated rings. The second-order valence-corrected chi connectivity index (χ2v) is 8.00. The molecule has 1 saturated heterocycles. The van der Waals surface area contributed by atoms with Crippen LogP contribution in [0.15, 0.2) is 34.9 Å². The van der Waals surface area contributed by atoms with Gasteiger partial charge in [0, 0.05) is 17.0 Å². The number of Topliss-reactive ketones (excluding diaryl/α,β-unsaturated/α-hetero) is 2. The zero-order chi connectivity index (χ0) is 20.6. The van der Waals surface area contributed by atoms with Crippen LogP contribution in [-0.2, 0) is 20.9 Å². The molecule has 1 aromatic heterocycles. The molecule has 0 radical (unpaired) electrons. The van der Waals surface area contributed by atoms with Crippen LogP contribution in [0.2, 0.25) is 0 Å². The van der Waals surface area contributed by atoms with Gasteiger partial charge < -0.3 is 14.2 Å². The van der Waals surface area contributed by atoms with Gasteiger partial charge in [0.1, 0.15) is 23.1 Å². The van der Waals surface area contributed by atoms with Gasteiger partial charge in [-0.15, -0.1) is 0 Å². The molecule has 0 spiro atoms. The molecule has 148 valence electrons. The molecular formula is C21H24N2O5. The van der Waals surface area contributed by atoms with E-state index in [0.717, 1.165) is 0 Å². The van der Waals surface area contributed by atoms with Gasteiger partial charge in [0.15, 0.2) is 5.78 Å². The molecule has 7 nitrogen and oxygen atoms in total. The number of likely N-dealkylation sites (tertiary alicyclic amines) is 1. The number of nitrogens with zero attached hydrogens (tertiary/aromatic N) is 2. The smallest absolute Gasteiger partial charge is 0.291 e. The minimum atomic E-state index is -1.10. The summed E-state index contributed by atoms with van der Waals surface area (Å²) in [6, 6.07) is 8.06. The van der Waals surface area contributed by atoms with Crippen LogP contribution in [0.3, 0.4) is 0 Å². The number of benzene rings is 1. The molecule has 1 aliphatic heterocycles. The number of methoxy groups -OCH3 is 1. The predicted octanol–water partition coefficient (Wildman–Crippen LogP) is 2.88. The van der Waals surface area contributed by atoms with E-state index in [1.807, 2.05) is 0 Å². The summed E-state index contributed by atoms with van der Waals surface area (Å²) in [5, 5.41) is 3.93. The minimum absolute atomic E-state index is 0.0680. The molecule has 2 unspecified atom stereocenters. The summed E-state index contributed by atoms with van der Waals surface area (Å²) in [5.74, 6) is -1.65. The van der Waals surface area contributed by atoms with Crippen LogP contribution >= 0.6 is 0 Å². The number of ketones is 2. The van der Waals surface area contributed by atoms with Crippen molar-refractivity contribution in [2.45, 2.75) is 40.3 Å². The Balaban J connectivity index is 2.12. The van der Waals surface area contributed by atoms with Crippen LogP contribution in [-0.4, -0.2) is 34.6 Å². The third-order valence-electron chi connectivity index (χ3n) is 4.89. The minimum Gasteiger partial charge on any atom is -0.496 e. The van der Waals surface area contributed by atoms with Crippen molar-refractivity contribution in [1.82, 2.24) is 10.1 Å². The Morgan fingerprint density at radius 1 is 1.25 bits per heavy atom. The van der Waals surface area contributed by atoms with Crippen LogP contribution in [0, 0.1) is 18.3 Å². The van der Waals surface area contributed by atoms with Crippen molar-refractivity contribution in [2.24, 2.45) is 11.3 Å². The summed E-state index contributed by atoms with van der Waals surface area (Å²) >= 11 is 0. The Morgan fingerprint density at radius 3 is 2.50 bits per heavy atom. The number of rotatable bonds is 5. The standard InChI is InChI=1S/C21H24N2O5/c1-12-10-13(22-28-12)11-23-17(14-8-6-7-9-15(14)27-5)16(18(24)20(23)26)19(25)21(2,3)4/h6-10,16-17H,11H2,1-5H3. The van der Waals surface area contributed by atoms with Crippen LogP contribution < -0.4 is 4.74 Å². The Bertz CT molecular complexity index is 925. The van der Waals surface area contributed by atoms with Gasteiger partial charge in [-0.05, 0) is 13.0 Å². The number of hydrogen-bond acceptors (Lipinski definition) is 6. The third kappa shape index (κ3) is 3.44. The maximum atomic E-state index is 13.1. The van der Waals surface area contributed by atoms with Crippen LogP contribution in [0.25, 0.3) is 0 Å². The van der Waals surface area contributed by atoms with Crippen LogP contribution in [0.1, 0.15) is 43.8 Å². The lowest BCUT2D eigenvalue weighted by molar-refractivity contribution is -0.143. The van der Waals surface area contributed by atoms with Crippen molar-refractivity contribution in [2.75, 3.05) is 7.11 Å². The molecule has 2 heterocycles. The van der Waals surface area contributed by atoms with E-state index in [4.69, 9.17) is 9.26 Å². The highest BCUT2D eigenvalue weighted by Gasteiger charge is 2.54. The average Bonchev–Trinajstić information content (AvgIpc) is 3.16. The second kappa shape index (κ2) is 7.22. The van der Waals surface area contributed by atoms with Crippen molar-refractivity contribution in [3.8, 4) is 5.75 Å². The fraction of sp³-hybridized carbons (Fsp3) is 0.429. The summed E-state index contributed by atoms with van der Waals surface area (Å²) in [6.45, 7) is 7.05. The number of carbonyl (C=O) groups excluding carboxylic acids is 3. The maximum Gasteiger partial charge on any atom is 0.291 e. The van der Waals surface area contributed by atoms with Gasteiger partial charge in [-0.25, -0.2) is 0 Å². The number of hydrogen-bond donors (Lipinski definition) is 0. The number of ether oxygens (including phenoxy) is 1. The number of aryl methyl sites for hydroxylation is 1. The first-order valence-corrected chi connectivity index (χ1v) is 9.09. The first kappa shape index (κ1) is 19.8. The molecule has 3 rings (SSSR count). The Hall–Kier alpha value is -2.96. The van der Waals surface area contributed by atoms with Crippen molar-refractivity contribution < 1.29 is 23.6 Å². The van der Waals surface area contributed by atoms with Crippen molar-refractivity contribution in [3.63, 3.8) is 0 Å². The first-order valence-electron chi connectivity index (χ1n) is 9.09. The van der Waals surface area contributed by atoms with Crippen molar-refractivity contribution in [3.05, 3.63) is 47.3 Å². The summed E-state index contributed by atoms with van der Waals surface area (Å²) in [5.41, 5.74) is 0.357. The number of amides is 1. The number of aromatic nitrogens is 1. The van der Waals surface area contributed by atoms with E-state index in [9.17, 15) is 14.4 Å². The lowest BCUT2D eigenvalue weighted by atomic mass is 9.77. The molecule has 0 saturated carbocycles. The normalized spacial score (nSPS) is 20.0. The van der Waals surface area contributed by atoms with E-state index in [-0.39, 0.29) is 12.3 Å². The molecule has 2 atom stereocenters. The highest BCUT2D eigenvalue weighted by atomic mass is 16.5. The molecule has 1 amide bonds. The molecule has 0 aliphatic carbocycles.